The maximum Gasteiger partial charge on any atom is 0.289 e. The van der Waals surface area contributed by atoms with Gasteiger partial charge in [0, 0.05) is 44.2 Å². The highest BCUT2D eigenvalue weighted by atomic mass is 16.3. The molecule has 0 bridgehead atoms. The number of nitrogens with zero attached hydrogens (tertiary/aromatic N) is 4. The van der Waals surface area contributed by atoms with Gasteiger partial charge in [0.15, 0.2) is 5.76 Å². The van der Waals surface area contributed by atoms with Crippen LogP contribution in [0.1, 0.15) is 23.3 Å². The number of carbonyl (C=O) groups excluding carboxylic acids is 1. The summed E-state index contributed by atoms with van der Waals surface area (Å²) in [6.07, 6.45) is 0. The Morgan fingerprint density at radius 3 is 2.67 bits per heavy atom. The molecule has 0 unspecified atom stereocenters. The van der Waals surface area contributed by atoms with Gasteiger partial charge in [-0.1, -0.05) is 18.2 Å². The zero-order valence-corrected chi connectivity index (χ0v) is 15.6. The lowest BCUT2D eigenvalue weighted by atomic mass is 10.2. The molecule has 0 atom stereocenters. The molecule has 4 rings (SSSR count). The number of aromatic nitrogens is 2. The smallest absolute Gasteiger partial charge is 0.289 e. The van der Waals surface area contributed by atoms with Crippen LogP contribution in [0.5, 0.6) is 0 Å². The molecule has 0 saturated carbocycles. The van der Waals surface area contributed by atoms with Gasteiger partial charge >= 0.3 is 0 Å². The number of furan rings is 1. The van der Waals surface area contributed by atoms with Crippen molar-refractivity contribution in [2.45, 2.75) is 13.8 Å². The molecular formula is C20H23N5O2. The molecule has 1 N–H and O–H groups in total. The summed E-state index contributed by atoms with van der Waals surface area (Å²) < 4.78 is 5.72. The number of fused-ring (bicyclic) bond motifs is 1. The van der Waals surface area contributed by atoms with Crippen molar-refractivity contribution in [2.75, 3.05) is 42.9 Å². The van der Waals surface area contributed by atoms with Gasteiger partial charge in [-0.25, -0.2) is 9.97 Å². The van der Waals surface area contributed by atoms with Crippen LogP contribution in [0.2, 0.25) is 0 Å². The number of rotatable bonds is 4. The van der Waals surface area contributed by atoms with Crippen LogP contribution < -0.4 is 10.2 Å². The zero-order valence-electron chi connectivity index (χ0n) is 15.6. The maximum atomic E-state index is 12.8. The number of nitrogens with one attached hydrogen (secondary N) is 1. The van der Waals surface area contributed by atoms with Crippen LogP contribution >= 0.6 is 0 Å². The molecule has 1 fully saturated rings. The third kappa shape index (κ3) is 3.58. The van der Waals surface area contributed by atoms with Gasteiger partial charge in [0.05, 0.1) is 0 Å². The molecule has 7 nitrogen and oxygen atoms in total. The number of carbonyl (C=O) groups is 1. The minimum atomic E-state index is -0.0574. The maximum absolute atomic E-state index is 12.8. The molecule has 1 amide bonds. The normalized spacial score (nSPS) is 14.6. The number of para-hydroxylation sites is 1. The molecule has 1 saturated heterocycles. The lowest BCUT2D eigenvalue weighted by Crippen LogP contribution is -2.49. The Morgan fingerprint density at radius 1 is 1.15 bits per heavy atom. The van der Waals surface area contributed by atoms with E-state index in [1.165, 1.54) is 0 Å². The Morgan fingerprint density at radius 2 is 1.93 bits per heavy atom. The second kappa shape index (κ2) is 7.26. The number of amides is 1. The highest BCUT2D eigenvalue weighted by Crippen LogP contribution is 2.22. The first-order valence-corrected chi connectivity index (χ1v) is 9.26. The first-order valence-electron chi connectivity index (χ1n) is 9.26. The van der Waals surface area contributed by atoms with E-state index in [-0.39, 0.29) is 5.91 Å². The van der Waals surface area contributed by atoms with E-state index in [4.69, 9.17) is 4.42 Å². The summed E-state index contributed by atoms with van der Waals surface area (Å²) in [4.78, 5) is 25.8. The van der Waals surface area contributed by atoms with Crippen LogP contribution in [0, 0.1) is 6.92 Å². The minimum Gasteiger partial charge on any atom is -0.451 e. The minimum absolute atomic E-state index is 0.0574. The number of aryl methyl sites for hydroxylation is 1. The van der Waals surface area contributed by atoms with Crippen molar-refractivity contribution in [3.8, 4) is 0 Å². The van der Waals surface area contributed by atoms with Gasteiger partial charge in [0.25, 0.3) is 5.91 Å². The van der Waals surface area contributed by atoms with Crippen molar-refractivity contribution in [1.29, 1.82) is 0 Å². The number of benzene rings is 1. The van der Waals surface area contributed by atoms with Gasteiger partial charge in [0.1, 0.15) is 23.0 Å². The fraction of sp³-hybridized carbons (Fsp3) is 0.350. The summed E-state index contributed by atoms with van der Waals surface area (Å²) in [6.45, 7) is 7.48. The SMILES string of the molecule is CCNc1cc(N2CCN(C(=O)c3cc4ccccc4o3)CC2)nc(C)n1. The number of hydrogen-bond acceptors (Lipinski definition) is 6. The molecule has 2 aromatic heterocycles. The molecule has 140 valence electrons. The van der Waals surface area contributed by atoms with Crippen molar-refractivity contribution < 1.29 is 9.21 Å². The highest BCUT2D eigenvalue weighted by Gasteiger charge is 2.25. The van der Waals surface area contributed by atoms with E-state index in [0.717, 1.165) is 48.1 Å². The van der Waals surface area contributed by atoms with Crippen LogP contribution in [-0.4, -0.2) is 53.5 Å². The first kappa shape index (κ1) is 17.3. The van der Waals surface area contributed by atoms with E-state index in [9.17, 15) is 4.79 Å². The second-order valence-electron chi connectivity index (χ2n) is 6.62. The molecule has 0 radical (unpaired) electrons. The zero-order chi connectivity index (χ0) is 18.8. The predicted octanol–water partition coefficient (Wildman–Crippen LogP) is 2.93. The van der Waals surface area contributed by atoms with Gasteiger partial charge in [-0.3, -0.25) is 4.79 Å². The molecular weight excluding hydrogens is 342 g/mol. The van der Waals surface area contributed by atoms with Crippen molar-refractivity contribution in [3.63, 3.8) is 0 Å². The van der Waals surface area contributed by atoms with Gasteiger partial charge in [0.2, 0.25) is 0 Å². The molecule has 27 heavy (non-hydrogen) atoms. The monoisotopic (exact) mass is 365 g/mol. The summed E-state index contributed by atoms with van der Waals surface area (Å²) in [5, 5.41) is 4.19. The summed E-state index contributed by atoms with van der Waals surface area (Å²) in [6, 6.07) is 11.5. The van der Waals surface area contributed by atoms with Gasteiger partial charge in [-0.15, -0.1) is 0 Å². The fourth-order valence-corrected chi connectivity index (χ4v) is 3.37. The Kier molecular flexibility index (Phi) is 4.66. The van der Waals surface area contributed by atoms with Gasteiger partial charge < -0.3 is 19.5 Å². The first-order chi connectivity index (χ1) is 13.1. The fourth-order valence-electron chi connectivity index (χ4n) is 3.37. The third-order valence-electron chi connectivity index (χ3n) is 4.71. The molecule has 1 aliphatic heterocycles. The molecule has 3 aromatic rings. The Labute approximate surface area is 158 Å². The quantitative estimate of drug-likeness (QED) is 0.766. The molecule has 0 aliphatic carbocycles. The summed E-state index contributed by atoms with van der Waals surface area (Å²) in [7, 11) is 0. The van der Waals surface area contributed by atoms with Crippen LogP contribution in [-0.2, 0) is 0 Å². The molecule has 1 aromatic carbocycles. The standard InChI is InChI=1S/C20H23N5O2/c1-3-21-18-13-19(23-14(2)22-18)24-8-10-25(11-9-24)20(26)17-12-15-6-4-5-7-16(15)27-17/h4-7,12-13H,3,8-11H2,1-2H3,(H,21,22,23). The van der Waals surface area contributed by atoms with Gasteiger partial charge in [-0.2, -0.15) is 0 Å². The largest absolute Gasteiger partial charge is 0.451 e. The van der Waals surface area contributed by atoms with Crippen LogP contribution in [0.15, 0.2) is 40.8 Å². The number of anilines is 2. The topological polar surface area (TPSA) is 74.5 Å². The number of piperazine rings is 1. The van der Waals surface area contributed by atoms with Crippen LogP contribution in [0.3, 0.4) is 0 Å². The lowest BCUT2D eigenvalue weighted by Gasteiger charge is -2.35. The van der Waals surface area contributed by atoms with Gasteiger partial charge in [-0.05, 0) is 26.0 Å². The van der Waals surface area contributed by atoms with Crippen LogP contribution in [0.4, 0.5) is 11.6 Å². The Hall–Kier alpha value is -3.09. The molecule has 0 spiro atoms. The van der Waals surface area contributed by atoms with Crippen molar-refractivity contribution >= 4 is 28.5 Å². The second-order valence-corrected chi connectivity index (χ2v) is 6.62. The summed E-state index contributed by atoms with van der Waals surface area (Å²) in [5.74, 6) is 2.81. The summed E-state index contributed by atoms with van der Waals surface area (Å²) in [5.41, 5.74) is 0.743. The summed E-state index contributed by atoms with van der Waals surface area (Å²) >= 11 is 0. The van der Waals surface area contributed by atoms with E-state index in [0.29, 0.717) is 18.8 Å². The molecule has 3 heterocycles. The van der Waals surface area contributed by atoms with Crippen molar-refractivity contribution in [3.05, 3.63) is 48.0 Å². The van der Waals surface area contributed by atoms with Crippen molar-refractivity contribution in [2.24, 2.45) is 0 Å². The lowest BCUT2D eigenvalue weighted by molar-refractivity contribution is 0.0717. The third-order valence-corrected chi connectivity index (χ3v) is 4.71. The van der Waals surface area contributed by atoms with Crippen molar-refractivity contribution in [1.82, 2.24) is 14.9 Å². The van der Waals surface area contributed by atoms with E-state index in [1.807, 2.05) is 55.1 Å². The number of hydrogen-bond donors (Lipinski definition) is 1. The van der Waals surface area contributed by atoms with E-state index >= 15 is 0 Å². The average Bonchev–Trinajstić information content (AvgIpc) is 3.11. The highest BCUT2D eigenvalue weighted by molar-refractivity contribution is 5.96. The predicted molar refractivity (Wildman–Crippen MR) is 105 cm³/mol. The average molecular weight is 365 g/mol. The van der Waals surface area contributed by atoms with E-state index in [2.05, 4.69) is 20.2 Å². The van der Waals surface area contributed by atoms with E-state index < -0.39 is 0 Å². The van der Waals surface area contributed by atoms with Crippen LogP contribution in [0.25, 0.3) is 11.0 Å². The van der Waals surface area contributed by atoms with E-state index in [1.54, 1.807) is 0 Å². The molecule has 1 aliphatic rings. The molecule has 7 heteroatoms. The Balaban J connectivity index is 1.45. The Bertz CT molecular complexity index is 927.